The number of benzene rings is 1. The summed E-state index contributed by atoms with van der Waals surface area (Å²) >= 11 is 0. The first-order valence-corrected chi connectivity index (χ1v) is 7.53. The highest BCUT2D eigenvalue weighted by molar-refractivity contribution is 5.97. The number of amides is 2. The molecule has 0 saturated heterocycles. The van der Waals surface area contributed by atoms with Crippen LogP contribution >= 0.6 is 0 Å². The van der Waals surface area contributed by atoms with E-state index in [1.807, 2.05) is 0 Å². The van der Waals surface area contributed by atoms with E-state index in [9.17, 15) is 14.4 Å². The van der Waals surface area contributed by atoms with Gasteiger partial charge in [0, 0.05) is 24.5 Å². The Morgan fingerprint density at radius 2 is 1.60 bits per heavy atom. The summed E-state index contributed by atoms with van der Waals surface area (Å²) < 4.78 is 5.08. The third kappa shape index (κ3) is 5.38. The van der Waals surface area contributed by atoms with Gasteiger partial charge in [0.05, 0.1) is 11.9 Å². The zero-order chi connectivity index (χ0) is 18.4. The van der Waals surface area contributed by atoms with Crippen LogP contribution in [0.1, 0.15) is 30.0 Å². The molecular weight excluding hydrogens is 324 g/mol. The van der Waals surface area contributed by atoms with Gasteiger partial charge in [0.25, 0.3) is 5.91 Å². The summed E-state index contributed by atoms with van der Waals surface area (Å²) in [5, 5.41) is 5.25. The highest BCUT2D eigenvalue weighted by Crippen LogP contribution is 2.14. The maximum absolute atomic E-state index is 12.1. The number of nitrogens with one attached hydrogen (secondary N) is 2. The molecule has 0 saturated carbocycles. The topological polar surface area (TPSA) is 110 Å². The van der Waals surface area contributed by atoms with Gasteiger partial charge in [-0.25, -0.2) is 9.78 Å². The molecule has 1 aromatic heterocycles. The molecule has 0 spiro atoms. The second-order valence-corrected chi connectivity index (χ2v) is 5.34. The Morgan fingerprint density at radius 3 is 2.12 bits per heavy atom. The molecular formula is C17H18N4O4. The lowest BCUT2D eigenvalue weighted by Crippen LogP contribution is -2.30. The maximum atomic E-state index is 12.1. The van der Waals surface area contributed by atoms with Crippen molar-refractivity contribution >= 4 is 29.2 Å². The number of ether oxygens (including phenoxy) is 1. The molecule has 25 heavy (non-hydrogen) atoms. The Kier molecular flexibility index (Phi) is 5.78. The molecule has 0 aliphatic carbocycles. The standard InChI is InChI=1S/C17H18N4O4/c1-10-8-19-15(9-18-10)17(24)25-11(2)16(23)21-14-6-4-13(5-7-14)20-12(3)22/h4-9,11H,1-3H3,(H,20,22)(H,21,23). The molecule has 1 heterocycles. The van der Waals surface area contributed by atoms with Gasteiger partial charge in [-0.3, -0.25) is 14.6 Å². The van der Waals surface area contributed by atoms with Crippen LogP contribution in [-0.4, -0.2) is 33.9 Å². The first-order valence-electron chi connectivity index (χ1n) is 7.53. The van der Waals surface area contributed by atoms with E-state index in [1.165, 1.54) is 26.2 Å². The minimum Gasteiger partial charge on any atom is -0.448 e. The molecule has 130 valence electrons. The van der Waals surface area contributed by atoms with E-state index in [2.05, 4.69) is 20.6 Å². The van der Waals surface area contributed by atoms with Crippen LogP contribution in [0.2, 0.25) is 0 Å². The van der Waals surface area contributed by atoms with Gasteiger partial charge >= 0.3 is 5.97 Å². The van der Waals surface area contributed by atoms with Crippen molar-refractivity contribution in [3.05, 3.63) is 48.0 Å². The first kappa shape index (κ1) is 18.1. The Morgan fingerprint density at radius 1 is 1.00 bits per heavy atom. The van der Waals surface area contributed by atoms with Crippen molar-refractivity contribution in [1.29, 1.82) is 0 Å². The summed E-state index contributed by atoms with van der Waals surface area (Å²) in [7, 11) is 0. The van der Waals surface area contributed by atoms with E-state index in [-0.39, 0.29) is 11.6 Å². The molecule has 0 bridgehead atoms. The number of nitrogens with zero attached hydrogens (tertiary/aromatic N) is 2. The Labute approximate surface area is 144 Å². The van der Waals surface area contributed by atoms with Crippen molar-refractivity contribution in [2.24, 2.45) is 0 Å². The van der Waals surface area contributed by atoms with Crippen LogP contribution in [0, 0.1) is 6.92 Å². The first-order chi connectivity index (χ1) is 11.8. The second-order valence-electron chi connectivity index (χ2n) is 5.34. The van der Waals surface area contributed by atoms with Crippen LogP contribution in [-0.2, 0) is 14.3 Å². The van der Waals surface area contributed by atoms with Gasteiger partial charge < -0.3 is 15.4 Å². The van der Waals surface area contributed by atoms with Gasteiger partial charge in [-0.15, -0.1) is 0 Å². The second kappa shape index (κ2) is 8.00. The van der Waals surface area contributed by atoms with Crippen molar-refractivity contribution in [2.75, 3.05) is 10.6 Å². The average Bonchev–Trinajstić information content (AvgIpc) is 2.56. The maximum Gasteiger partial charge on any atom is 0.359 e. The van der Waals surface area contributed by atoms with Crippen molar-refractivity contribution < 1.29 is 19.1 Å². The fraction of sp³-hybridized carbons (Fsp3) is 0.235. The third-order valence-electron chi connectivity index (χ3n) is 3.12. The molecule has 2 rings (SSSR count). The molecule has 0 fully saturated rings. The normalized spacial score (nSPS) is 11.3. The van der Waals surface area contributed by atoms with Crippen molar-refractivity contribution in [2.45, 2.75) is 26.9 Å². The minimum atomic E-state index is -1.01. The summed E-state index contributed by atoms with van der Waals surface area (Å²) in [5.74, 6) is -1.40. The van der Waals surface area contributed by atoms with Gasteiger partial charge in [-0.2, -0.15) is 0 Å². The van der Waals surface area contributed by atoms with Crippen molar-refractivity contribution in [3.8, 4) is 0 Å². The fourth-order valence-electron chi connectivity index (χ4n) is 1.86. The monoisotopic (exact) mass is 342 g/mol. The molecule has 1 unspecified atom stereocenters. The number of anilines is 2. The summed E-state index contributed by atoms with van der Waals surface area (Å²) in [6.45, 7) is 4.61. The molecule has 8 heteroatoms. The summed E-state index contributed by atoms with van der Waals surface area (Å²) in [6, 6.07) is 6.55. The van der Waals surface area contributed by atoms with Crippen molar-refractivity contribution in [3.63, 3.8) is 0 Å². The number of aromatic nitrogens is 2. The lowest BCUT2D eigenvalue weighted by atomic mass is 10.2. The minimum absolute atomic E-state index is 0.0323. The van der Waals surface area contributed by atoms with Crippen LogP contribution in [0.4, 0.5) is 11.4 Å². The van der Waals surface area contributed by atoms with E-state index in [0.717, 1.165) is 0 Å². The number of aryl methyl sites for hydroxylation is 1. The number of hydrogen-bond donors (Lipinski definition) is 2. The molecule has 1 aromatic carbocycles. The lowest BCUT2D eigenvalue weighted by molar-refractivity contribution is -0.123. The van der Waals surface area contributed by atoms with Gasteiger partial charge in [-0.05, 0) is 38.1 Å². The number of esters is 1. The molecule has 2 N–H and O–H groups in total. The highest BCUT2D eigenvalue weighted by atomic mass is 16.5. The Bertz CT molecular complexity index is 772. The molecule has 0 aliphatic heterocycles. The predicted molar refractivity (Wildman–Crippen MR) is 91.0 cm³/mol. The van der Waals surface area contributed by atoms with Gasteiger partial charge in [0.2, 0.25) is 5.91 Å². The van der Waals surface area contributed by atoms with Crippen LogP contribution in [0.5, 0.6) is 0 Å². The number of rotatable bonds is 5. The van der Waals surface area contributed by atoms with Crippen LogP contribution < -0.4 is 10.6 Å². The summed E-state index contributed by atoms with van der Waals surface area (Å²) in [6.07, 6.45) is 1.73. The quantitative estimate of drug-likeness (QED) is 0.803. The van der Waals surface area contributed by atoms with Crippen LogP contribution in [0.25, 0.3) is 0 Å². The molecule has 2 aromatic rings. The van der Waals surface area contributed by atoms with E-state index in [0.29, 0.717) is 17.1 Å². The fourth-order valence-corrected chi connectivity index (χ4v) is 1.86. The number of hydrogen-bond acceptors (Lipinski definition) is 6. The molecule has 0 aliphatic rings. The zero-order valence-corrected chi connectivity index (χ0v) is 14.1. The largest absolute Gasteiger partial charge is 0.448 e. The number of carbonyl (C=O) groups is 3. The highest BCUT2D eigenvalue weighted by Gasteiger charge is 2.20. The van der Waals surface area contributed by atoms with Crippen LogP contribution in [0.15, 0.2) is 36.7 Å². The predicted octanol–water partition coefficient (Wildman–Crippen LogP) is 1.93. The Hall–Kier alpha value is -3.29. The van der Waals surface area contributed by atoms with E-state index in [4.69, 9.17) is 4.74 Å². The summed E-state index contributed by atoms with van der Waals surface area (Å²) in [5.41, 5.74) is 1.83. The summed E-state index contributed by atoms with van der Waals surface area (Å²) in [4.78, 5) is 42.9. The van der Waals surface area contributed by atoms with E-state index < -0.39 is 18.0 Å². The van der Waals surface area contributed by atoms with Gasteiger partial charge in [0.1, 0.15) is 0 Å². The molecule has 1 atom stereocenters. The smallest absolute Gasteiger partial charge is 0.359 e. The Balaban J connectivity index is 1.92. The van der Waals surface area contributed by atoms with E-state index >= 15 is 0 Å². The number of carbonyl (C=O) groups excluding carboxylic acids is 3. The SMILES string of the molecule is CC(=O)Nc1ccc(NC(=O)C(C)OC(=O)c2cnc(C)cn2)cc1. The lowest BCUT2D eigenvalue weighted by Gasteiger charge is -2.13. The van der Waals surface area contributed by atoms with Gasteiger partial charge in [0.15, 0.2) is 11.8 Å². The average molecular weight is 342 g/mol. The third-order valence-corrected chi connectivity index (χ3v) is 3.12. The zero-order valence-electron chi connectivity index (χ0n) is 14.1. The van der Waals surface area contributed by atoms with Crippen LogP contribution in [0.3, 0.4) is 0 Å². The molecule has 8 nitrogen and oxygen atoms in total. The van der Waals surface area contributed by atoms with Crippen molar-refractivity contribution in [1.82, 2.24) is 9.97 Å². The van der Waals surface area contributed by atoms with E-state index in [1.54, 1.807) is 31.2 Å². The molecule has 2 amide bonds. The molecule has 0 radical (unpaired) electrons. The van der Waals surface area contributed by atoms with Gasteiger partial charge in [-0.1, -0.05) is 0 Å².